The van der Waals surface area contributed by atoms with Crippen LogP contribution in [0.1, 0.15) is 0 Å². The van der Waals surface area contributed by atoms with Crippen molar-refractivity contribution in [2.45, 2.75) is 0 Å². The molecule has 9 aromatic rings. The van der Waals surface area contributed by atoms with Gasteiger partial charge in [-0.05, 0) is 12.1 Å². The van der Waals surface area contributed by atoms with E-state index in [4.69, 9.17) is 20.1 Å². The molecule has 0 saturated carbocycles. The molecule has 3 aromatic heterocycles. The molecule has 3 heterocycles. The van der Waals surface area contributed by atoms with Crippen LogP contribution in [0.2, 0.25) is 0 Å². The molecule has 0 saturated heterocycles. The van der Waals surface area contributed by atoms with E-state index in [1.54, 1.807) is 9.13 Å². The first-order valence-corrected chi connectivity index (χ1v) is 18.1. The zero-order valence-electron chi connectivity index (χ0n) is 30.6. The number of hydrogen-bond acceptors (Lipinski definition) is 10. The molecule has 286 valence electrons. The molecule has 0 radical (unpaired) electrons. The Labute approximate surface area is 334 Å². The van der Waals surface area contributed by atoms with Crippen LogP contribution >= 0.6 is 0 Å². The normalized spacial score (nSPS) is 11.1. The molecular formula is C44H29N9O6. The number of aromatic amines is 1. The topological polar surface area (TPSA) is 204 Å². The molecular weight excluding hydrogens is 751 g/mol. The first-order chi connectivity index (χ1) is 28.8. The van der Waals surface area contributed by atoms with E-state index >= 15 is 0 Å². The fraction of sp³-hybridized carbons (Fsp3) is 0. The van der Waals surface area contributed by atoms with Gasteiger partial charge in [0.15, 0.2) is 11.6 Å². The van der Waals surface area contributed by atoms with Gasteiger partial charge in [0.2, 0.25) is 5.95 Å². The van der Waals surface area contributed by atoms with E-state index < -0.39 is 9.85 Å². The molecule has 6 aromatic carbocycles. The lowest BCUT2D eigenvalue weighted by molar-refractivity contribution is -0.385. The Bertz CT molecular complexity index is 2820. The third-order valence-corrected chi connectivity index (χ3v) is 9.68. The van der Waals surface area contributed by atoms with Gasteiger partial charge in [-0.15, -0.1) is 5.10 Å². The average molecular weight is 780 g/mol. The molecule has 0 unspecified atom stereocenters. The van der Waals surface area contributed by atoms with Gasteiger partial charge < -0.3 is 10.2 Å². The number of phenols is 2. The molecule has 0 aliphatic rings. The van der Waals surface area contributed by atoms with Crippen molar-refractivity contribution in [1.82, 2.24) is 34.3 Å². The van der Waals surface area contributed by atoms with Crippen molar-refractivity contribution in [2.75, 3.05) is 0 Å². The fourth-order valence-corrected chi connectivity index (χ4v) is 7.00. The highest BCUT2D eigenvalue weighted by atomic mass is 16.6. The number of hydrogen-bond donors (Lipinski definition) is 3. The van der Waals surface area contributed by atoms with Crippen LogP contribution in [0.4, 0.5) is 11.4 Å². The van der Waals surface area contributed by atoms with Gasteiger partial charge in [0, 0.05) is 46.5 Å². The highest BCUT2D eigenvalue weighted by Crippen LogP contribution is 2.43. The molecule has 0 bridgehead atoms. The highest BCUT2D eigenvalue weighted by molar-refractivity contribution is 5.86. The third-order valence-electron chi connectivity index (χ3n) is 9.68. The summed E-state index contributed by atoms with van der Waals surface area (Å²) < 4.78 is 3.24. The summed E-state index contributed by atoms with van der Waals surface area (Å²) in [5.41, 5.74) is 4.38. The Kier molecular flexibility index (Phi) is 8.98. The molecule has 0 amide bonds. The molecule has 0 aliphatic heterocycles. The lowest BCUT2D eigenvalue weighted by Gasteiger charge is -2.12. The maximum Gasteiger partial charge on any atom is 0.270 e. The Balaban J connectivity index is 1.37. The van der Waals surface area contributed by atoms with Crippen LogP contribution in [0.3, 0.4) is 0 Å². The third kappa shape index (κ3) is 6.49. The summed E-state index contributed by atoms with van der Waals surface area (Å²) in [5.74, 6) is -0.200. The largest absolute Gasteiger partial charge is 0.507 e. The number of aromatic nitrogens is 7. The van der Waals surface area contributed by atoms with Crippen LogP contribution in [-0.4, -0.2) is 54.3 Å². The van der Waals surface area contributed by atoms with E-state index in [-0.39, 0.29) is 57.5 Å². The van der Waals surface area contributed by atoms with E-state index in [0.717, 1.165) is 0 Å². The number of nitro benzene ring substituents is 2. The number of nitrogens with one attached hydrogen (secondary N) is 1. The van der Waals surface area contributed by atoms with Gasteiger partial charge in [0.1, 0.15) is 11.5 Å². The number of H-pyrrole nitrogens is 1. The first kappa shape index (κ1) is 35.9. The molecule has 15 nitrogen and oxygen atoms in total. The minimum Gasteiger partial charge on any atom is -0.507 e. The maximum atomic E-state index is 12.0. The van der Waals surface area contributed by atoms with E-state index in [1.165, 1.54) is 36.4 Å². The van der Waals surface area contributed by atoms with E-state index in [0.29, 0.717) is 45.0 Å². The van der Waals surface area contributed by atoms with E-state index in [1.807, 2.05) is 121 Å². The van der Waals surface area contributed by atoms with Crippen molar-refractivity contribution in [3.63, 3.8) is 0 Å². The van der Waals surface area contributed by atoms with Crippen molar-refractivity contribution in [3.8, 4) is 91.2 Å². The van der Waals surface area contributed by atoms with Crippen molar-refractivity contribution in [2.24, 2.45) is 0 Å². The standard InChI is InChI=1S/C44H29N9O6/c54-35-23-21-31(52(56)57)25-33(35)41-45-37(27-13-5-1-6-14-27)39(29-17-9-3-10-18-29)50(41)43-47-44(49-48-43)51-40(30-19-11-4-12-20-30)38(28-15-7-2-8-16-28)46-42(51)34-26-32(53(58)59)22-24-36(34)55/h1-26,54-55H,(H,47,48,49). The van der Waals surface area contributed by atoms with E-state index in [9.17, 15) is 30.4 Å². The number of nitro groups is 2. The minimum atomic E-state index is -0.559. The van der Waals surface area contributed by atoms with Crippen LogP contribution < -0.4 is 0 Å². The summed E-state index contributed by atoms with van der Waals surface area (Å²) >= 11 is 0. The smallest absolute Gasteiger partial charge is 0.270 e. The maximum absolute atomic E-state index is 12.0. The van der Waals surface area contributed by atoms with Crippen LogP contribution in [0.25, 0.3) is 79.7 Å². The summed E-state index contributed by atoms with van der Waals surface area (Å²) in [5, 5.41) is 54.3. The predicted molar refractivity (Wildman–Crippen MR) is 220 cm³/mol. The van der Waals surface area contributed by atoms with Crippen molar-refractivity contribution < 1.29 is 20.1 Å². The Morgan fingerprint density at radius 3 is 1.31 bits per heavy atom. The van der Waals surface area contributed by atoms with Gasteiger partial charge >= 0.3 is 0 Å². The monoisotopic (exact) mass is 779 g/mol. The average Bonchev–Trinajstić information content (AvgIpc) is 4.01. The Hall–Kier alpha value is -8.72. The highest BCUT2D eigenvalue weighted by Gasteiger charge is 2.30. The van der Waals surface area contributed by atoms with Gasteiger partial charge in [-0.25, -0.2) is 15.1 Å². The van der Waals surface area contributed by atoms with Gasteiger partial charge in [-0.3, -0.25) is 29.4 Å². The summed E-state index contributed by atoms with van der Waals surface area (Å²) in [6.07, 6.45) is 0. The lowest BCUT2D eigenvalue weighted by Crippen LogP contribution is -2.05. The molecule has 0 aliphatic carbocycles. The SMILES string of the molecule is O=[N+]([O-])c1ccc(O)c(-c2nc(-c3ccccc3)c(-c3ccccc3)n2-c2n[nH]c(-n3c(-c4cc([N+](=O)[O-])ccc4O)nc(-c4ccccc4)c3-c3ccccc3)n2)c1. The van der Waals surface area contributed by atoms with E-state index in [2.05, 4.69) is 5.10 Å². The number of imidazole rings is 2. The number of aromatic hydroxyl groups is 2. The summed E-state index contributed by atoms with van der Waals surface area (Å²) in [6, 6.07) is 44.7. The molecule has 0 spiro atoms. The van der Waals surface area contributed by atoms with Crippen molar-refractivity contribution in [3.05, 3.63) is 178 Å². The molecule has 15 heteroatoms. The van der Waals surface area contributed by atoms with Crippen molar-refractivity contribution >= 4 is 11.4 Å². The second kappa shape index (κ2) is 14.7. The minimum absolute atomic E-state index is 0.0256. The van der Waals surface area contributed by atoms with Gasteiger partial charge in [-0.1, -0.05) is 121 Å². The van der Waals surface area contributed by atoms with Crippen molar-refractivity contribution in [1.29, 1.82) is 0 Å². The van der Waals surface area contributed by atoms with Gasteiger partial charge in [0.05, 0.1) is 43.7 Å². The fourth-order valence-electron chi connectivity index (χ4n) is 7.00. The van der Waals surface area contributed by atoms with Crippen LogP contribution in [0.15, 0.2) is 158 Å². The zero-order chi connectivity index (χ0) is 40.6. The number of rotatable bonds is 10. The number of benzene rings is 6. The second-order valence-electron chi connectivity index (χ2n) is 13.3. The molecule has 9 rings (SSSR count). The zero-order valence-corrected chi connectivity index (χ0v) is 30.6. The van der Waals surface area contributed by atoms with Crippen LogP contribution in [0, 0.1) is 20.2 Å². The summed E-state index contributed by atoms with van der Waals surface area (Å²) in [6.45, 7) is 0. The Morgan fingerprint density at radius 1 is 0.492 bits per heavy atom. The first-order valence-electron chi connectivity index (χ1n) is 18.1. The van der Waals surface area contributed by atoms with Crippen LogP contribution in [0.5, 0.6) is 11.5 Å². The quantitative estimate of drug-likeness (QED) is 0.0886. The van der Waals surface area contributed by atoms with Crippen LogP contribution in [-0.2, 0) is 0 Å². The van der Waals surface area contributed by atoms with Gasteiger partial charge in [0.25, 0.3) is 17.3 Å². The van der Waals surface area contributed by atoms with Gasteiger partial charge in [-0.2, -0.15) is 4.98 Å². The number of phenolic OH excluding ortho intramolecular Hbond substituents is 2. The molecule has 0 fully saturated rings. The Morgan fingerprint density at radius 2 is 0.881 bits per heavy atom. The predicted octanol–water partition coefficient (Wildman–Crippen LogP) is 9.41. The number of nitrogens with zero attached hydrogens (tertiary/aromatic N) is 8. The lowest BCUT2D eigenvalue weighted by atomic mass is 10.0. The second-order valence-corrected chi connectivity index (χ2v) is 13.3. The molecule has 59 heavy (non-hydrogen) atoms. The molecule has 3 N–H and O–H groups in total. The molecule has 0 atom stereocenters. The summed E-state index contributed by atoms with van der Waals surface area (Å²) in [4.78, 5) is 38.0. The summed E-state index contributed by atoms with van der Waals surface area (Å²) in [7, 11) is 0. The number of non-ortho nitro benzene ring substituents is 2.